The van der Waals surface area contributed by atoms with Crippen LogP contribution in [0.1, 0.15) is 67.7 Å². The Balaban J connectivity index is 1.78. The van der Waals surface area contributed by atoms with Gasteiger partial charge in [-0.3, -0.25) is 0 Å². The van der Waals surface area contributed by atoms with Crippen LogP contribution in [0.4, 0.5) is 0 Å². The van der Waals surface area contributed by atoms with Crippen LogP contribution in [0.25, 0.3) is 0 Å². The second-order valence-electron chi connectivity index (χ2n) is 11.8. The highest BCUT2D eigenvalue weighted by atomic mass is 28.4. The van der Waals surface area contributed by atoms with Crippen LogP contribution >= 0.6 is 0 Å². The molecular formula is C23H42O5Si. The minimum atomic E-state index is -2.01. The van der Waals surface area contributed by atoms with Crippen LogP contribution < -0.4 is 0 Å². The Labute approximate surface area is 178 Å². The van der Waals surface area contributed by atoms with E-state index in [9.17, 15) is 9.90 Å². The van der Waals surface area contributed by atoms with Crippen LogP contribution in [0.3, 0.4) is 0 Å². The van der Waals surface area contributed by atoms with E-state index >= 15 is 0 Å². The zero-order valence-electron chi connectivity index (χ0n) is 19.9. The highest BCUT2D eigenvalue weighted by Crippen LogP contribution is 2.62. The molecule has 168 valence electrons. The Morgan fingerprint density at radius 2 is 1.90 bits per heavy atom. The lowest BCUT2D eigenvalue weighted by Gasteiger charge is -2.51. The van der Waals surface area contributed by atoms with Gasteiger partial charge in [0, 0.05) is 6.42 Å². The molecular weight excluding hydrogens is 384 g/mol. The lowest BCUT2D eigenvalue weighted by atomic mass is 9.69. The third-order valence-corrected chi connectivity index (χ3v) is 13.3. The summed E-state index contributed by atoms with van der Waals surface area (Å²) in [5, 5.41) is 11.4. The van der Waals surface area contributed by atoms with Crippen molar-refractivity contribution in [2.45, 2.75) is 109 Å². The number of carbonyl (C=O) groups is 1. The number of aliphatic hydroxyl groups is 1. The molecule has 0 amide bonds. The molecule has 3 aliphatic rings. The lowest BCUT2D eigenvalue weighted by molar-refractivity contribution is -0.259. The van der Waals surface area contributed by atoms with E-state index < -0.39 is 25.6 Å². The van der Waals surface area contributed by atoms with Gasteiger partial charge < -0.3 is 19.0 Å². The van der Waals surface area contributed by atoms with Gasteiger partial charge in [-0.2, -0.15) is 0 Å². The largest absolute Gasteiger partial charge is 0.458 e. The van der Waals surface area contributed by atoms with E-state index in [1.807, 2.05) is 0 Å². The van der Waals surface area contributed by atoms with Crippen LogP contribution in [0, 0.1) is 23.7 Å². The summed E-state index contributed by atoms with van der Waals surface area (Å²) in [6, 6.07) is 0. The summed E-state index contributed by atoms with van der Waals surface area (Å²) in [4.78, 5) is 12.8. The molecule has 2 bridgehead atoms. The zero-order chi connectivity index (χ0) is 22.0. The number of aliphatic hydroxyl groups excluding tert-OH is 1. The Hall–Kier alpha value is -0.433. The average molecular weight is 427 g/mol. The fraction of sp³-hybridized carbons (Fsp3) is 0.957. The molecule has 6 heteroatoms. The molecule has 29 heavy (non-hydrogen) atoms. The molecule has 7 atom stereocenters. The normalized spacial score (nSPS) is 42.2. The van der Waals surface area contributed by atoms with Crippen molar-refractivity contribution in [1.29, 1.82) is 0 Å². The van der Waals surface area contributed by atoms with Crippen molar-refractivity contribution in [1.82, 2.24) is 0 Å². The highest BCUT2D eigenvalue weighted by Gasteiger charge is 2.70. The second-order valence-corrected chi connectivity index (χ2v) is 16.6. The van der Waals surface area contributed by atoms with E-state index in [1.165, 1.54) is 0 Å². The van der Waals surface area contributed by atoms with Crippen LogP contribution in [0.5, 0.6) is 0 Å². The zero-order valence-corrected chi connectivity index (χ0v) is 20.9. The second kappa shape index (κ2) is 7.32. The fourth-order valence-electron chi connectivity index (χ4n) is 5.76. The third-order valence-electron chi connectivity index (χ3n) is 8.82. The summed E-state index contributed by atoms with van der Waals surface area (Å²) in [6.07, 6.45) is 1.82. The average Bonchev–Trinajstić information content (AvgIpc) is 3.10. The van der Waals surface area contributed by atoms with E-state index in [4.69, 9.17) is 13.9 Å². The topological polar surface area (TPSA) is 65.0 Å². The number of ether oxygens (including phenoxy) is 2. The molecule has 2 saturated heterocycles. The number of hydrogen-bond acceptors (Lipinski definition) is 5. The van der Waals surface area contributed by atoms with Crippen molar-refractivity contribution in [3.05, 3.63) is 0 Å². The predicted molar refractivity (Wildman–Crippen MR) is 116 cm³/mol. The summed E-state index contributed by atoms with van der Waals surface area (Å²) >= 11 is 0. The van der Waals surface area contributed by atoms with Gasteiger partial charge in [-0.15, -0.1) is 0 Å². The molecule has 0 aromatic carbocycles. The molecule has 2 heterocycles. The van der Waals surface area contributed by atoms with Crippen molar-refractivity contribution >= 4 is 14.3 Å². The molecule has 0 radical (unpaired) electrons. The van der Waals surface area contributed by atoms with Gasteiger partial charge in [0.15, 0.2) is 8.32 Å². The summed E-state index contributed by atoms with van der Waals surface area (Å²) in [7, 11) is -2.01. The molecule has 7 unspecified atom stereocenters. The van der Waals surface area contributed by atoms with Gasteiger partial charge in [0.25, 0.3) is 0 Å². The number of hydrogen-bond donors (Lipinski definition) is 1. The minimum Gasteiger partial charge on any atom is -0.458 e. The van der Waals surface area contributed by atoms with Gasteiger partial charge in [0.1, 0.15) is 23.9 Å². The molecule has 0 aromatic heterocycles. The third kappa shape index (κ3) is 3.62. The molecule has 3 fully saturated rings. The van der Waals surface area contributed by atoms with Crippen molar-refractivity contribution in [2.24, 2.45) is 23.7 Å². The Morgan fingerprint density at radius 1 is 1.28 bits per heavy atom. The van der Waals surface area contributed by atoms with Crippen molar-refractivity contribution in [2.75, 3.05) is 6.61 Å². The number of rotatable bonds is 5. The van der Waals surface area contributed by atoms with E-state index in [2.05, 4.69) is 61.6 Å². The number of esters is 1. The summed E-state index contributed by atoms with van der Waals surface area (Å²) in [5.41, 5.74) is -1.18. The van der Waals surface area contributed by atoms with Gasteiger partial charge in [-0.1, -0.05) is 41.5 Å². The maximum Gasteiger partial charge on any atom is 0.331 e. The van der Waals surface area contributed by atoms with Gasteiger partial charge in [-0.25, -0.2) is 4.79 Å². The monoisotopic (exact) mass is 426 g/mol. The van der Waals surface area contributed by atoms with Gasteiger partial charge in [0.2, 0.25) is 0 Å². The first kappa shape index (κ1) is 23.2. The Bertz CT molecular complexity index is 642. The van der Waals surface area contributed by atoms with Crippen LogP contribution in [-0.2, 0) is 18.7 Å². The smallest absolute Gasteiger partial charge is 0.331 e. The van der Waals surface area contributed by atoms with Crippen LogP contribution in [0.15, 0.2) is 0 Å². The molecule has 1 N–H and O–H groups in total. The van der Waals surface area contributed by atoms with E-state index in [1.54, 1.807) is 0 Å². The molecule has 0 spiro atoms. The first-order valence-corrected chi connectivity index (χ1v) is 14.3. The van der Waals surface area contributed by atoms with Crippen molar-refractivity contribution in [3.63, 3.8) is 0 Å². The highest BCUT2D eigenvalue weighted by molar-refractivity contribution is 6.74. The van der Waals surface area contributed by atoms with E-state index in [0.717, 1.165) is 12.8 Å². The molecule has 0 aromatic rings. The number of carbonyl (C=O) groups excluding carboxylic acids is 1. The first-order valence-electron chi connectivity index (χ1n) is 11.4. The van der Waals surface area contributed by atoms with Crippen molar-refractivity contribution < 1.29 is 23.8 Å². The fourth-order valence-corrected chi connectivity index (χ4v) is 6.67. The van der Waals surface area contributed by atoms with Crippen LogP contribution in [0.2, 0.25) is 18.1 Å². The minimum absolute atomic E-state index is 0.00912. The summed E-state index contributed by atoms with van der Waals surface area (Å²) < 4.78 is 18.8. The van der Waals surface area contributed by atoms with Gasteiger partial charge in [-0.05, 0) is 61.6 Å². The molecule has 3 rings (SSSR count). The molecule has 1 saturated carbocycles. The van der Waals surface area contributed by atoms with E-state index in [-0.39, 0.29) is 41.5 Å². The maximum absolute atomic E-state index is 12.8. The standard InChI is InChI=1S/C23H42O5Si/c1-14(2)23-12-17(27-18(24)13-26-29(8,9)21(4,5)6)22(7,28-23)16-11-10-15(3)19(16)20(23)25/h14-17,19-20,25H,10-13H2,1-9H3. The maximum atomic E-state index is 12.8. The molecule has 1 aliphatic carbocycles. The predicted octanol–water partition coefficient (Wildman–Crippen LogP) is 4.53. The quantitative estimate of drug-likeness (QED) is 0.517. The van der Waals surface area contributed by atoms with Crippen LogP contribution in [-0.4, -0.2) is 49.4 Å². The Morgan fingerprint density at radius 3 is 2.45 bits per heavy atom. The SMILES string of the molecule is CC1CCC2C1C(O)C1(C(C)C)CC(OC(=O)CO[Si](C)(C)C(C)(C)C)C2(C)O1. The van der Waals surface area contributed by atoms with E-state index in [0.29, 0.717) is 12.3 Å². The van der Waals surface area contributed by atoms with Gasteiger partial charge in [0.05, 0.1) is 6.10 Å². The number of fused-ring (bicyclic) bond motifs is 4. The summed E-state index contributed by atoms with van der Waals surface area (Å²) in [5.74, 6) is 0.739. The first-order chi connectivity index (χ1) is 13.2. The Kier molecular flexibility index (Phi) is 5.86. The molecule has 5 nitrogen and oxygen atoms in total. The lowest BCUT2D eigenvalue weighted by Crippen LogP contribution is -2.61. The van der Waals surface area contributed by atoms with Gasteiger partial charge >= 0.3 is 5.97 Å². The summed E-state index contributed by atoms with van der Waals surface area (Å²) in [6.45, 7) is 19.3. The van der Waals surface area contributed by atoms with Crippen molar-refractivity contribution in [3.8, 4) is 0 Å². The molecule has 2 aliphatic heterocycles.